The molecule has 0 atom stereocenters. The Bertz CT molecular complexity index is 754. The Kier molecular flexibility index (Phi) is 4.10. The van der Waals surface area contributed by atoms with Crippen LogP contribution in [0.3, 0.4) is 0 Å². The molecule has 0 saturated heterocycles. The first-order valence-corrected chi connectivity index (χ1v) is 8.16. The van der Waals surface area contributed by atoms with E-state index in [0.717, 1.165) is 23.5 Å². The van der Waals surface area contributed by atoms with Gasteiger partial charge in [0.2, 0.25) is 0 Å². The number of nitrogens with one attached hydrogen (secondary N) is 1. The third-order valence-electron chi connectivity index (χ3n) is 2.25. The van der Waals surface area contributed by atoms with Crippen molar-refractivity contribution in [3.63, 3.8) is 0 Å². The zero-order valence-corrected chi connectivity index (χ0v) is 13.1. The number of anilines is 2. The fourth-order valence-electron chi connectivity index (χ4n) is 1.47. The summed E-state index contributed by atoms with van der Waals surface area (Å²) in [5.74, 6) is -0.811. The first-order chi connectivity index (χ1) is 9.20. The molecule has 0 aliphatic carbocycles. The molecule has 1 heterocycles. The van der Waals surface area contributed by atoms with Gasteiger partial charge in [-0.3, -0.25) is 4.72 Å². The van der Waals surface area contributed by atoms with Gasteiger partial charge in [0.15, 0.2) is 15.2 Å². The molecule has 1 aromatic carbocycles. The van der Waals surface area contributed by atoms with Gasteiger partial charge in [-0.2, -0.15) is 0 Å². The molecule has 10 heteroatoms. The number of halogens is 3. The van der Waals surface area contributed by atoms with Crippen molar-refractivity contribution < 1.29 is 12.8 Å². The summed E-state index contributed by atoms with van der Waals surface area (Å²) in [6, 6.07) is 2.25. The number of hydrogen-bond donors (Lipinski definition) is 2. The normalized spacial score (nSPS) is 11.6. The van der Waals surface area contributed by atoms with E-state index in [2.05, 4.69) is 9.71 Å². The highest BCUT2D eigenvalue weighted by Gasteiger charge is 2.22. The summed E-state index contributed by atoms with van der Waals surface area (Å²) in [7, 11) is -3.88. The van der Waals surface area contributed by atoms with Crippen LogP contribution in [-0.2, 0) is 10.0 Å². The van der Waals surface area contributed by atoms with Crippen molar-refractivity contribution in [2.75, 3.05) is 10.5 Å². The van der Waals surface area contributed by atoms with Crippen LogP contribution in [0.5, 0.6) is 0 Å². The second-order valence-electron chi connectivity index (χ2n) is 3.78. The molecule has 20 heavy (non-hydrogen) atoms. The molecule has 0 spiro atoms. The van der Waals surface area contributed by atoms with E-state index in [-0.39, 0.29) is 30.8 Å². The molecule has 0 aliphatic rings. The predicted octanol–water partition coefficient (Wildman–Crippen LogP) is 3.28. The van der Waals surface area contributed by atoms with Gasteiger partial charge in [-0.05, 0) is 19.1 Å². The molecule has 0 fully saturated rings. The van der Waals surface area contributed by atoms with Crippen molar-refractivity contribution in [1.82, 2.24) is 4.98 Å². The van der Waals surface area contributed by atoms with Gasteiger partial charge < -0.3 is 5.73 Å². The Morgan fingerprint density at radius 3 is 2.35 bits per heavy atom. The number of nitrogens with zero attached hydrogens (tertiary/aromatic N) is 1. The highest BCUT2D eigenvalue weighted by atomic mass is 35.5. The molecule has 108 valence electrons. The fourth-order valence-corrected chi connectivity index (χ4v) is 4.30. The number of nitrogens with two attached hydrogens (primary N) is 1. The molecule has 0 bridgehead atoms. The summed E-state index contributed by atoms with van der Waals surface area (Å²) >= 11 is 12.0. The van der Waals surface area contributed by atoms with Crippen LogP contribution in [0.15, 0.2) is 16.3 Å². The Hall–Kier alpha value is -1.09. The Morgan fingerprint density at radius 1 is 1.35 bits per heavy atom. The van der Waals surface area contributed by atoms with Crippen molar-refractivity contribution in [2.24, 2.45) is 0 Å². The highest BCUT2D eigenvalue weighted by Crippen LogP contribution is 2.31. The van der Waals surface area contributed by atoms with E-state index in [1.165, 1.54) is 6.92 Å². The monoisotopic (exact) mass is 355 g/mol. The molecule has 2 aromatic rings. The van der Waals surface area contributed by atoms with E-state index in [0.29, 0.717) is 0 Å². The van der Waals surface area contributed by atoms with Crippen molar-refractivity contribution in [1.29, 1.82) is 0 Å². The molecular formula is C10H8Cl2FN3O2S2. The zero-order valence-electron chi connectivity index (χ0n) is 9.95. The number of sulfonamides is 1. The fraction of sp³-hybridized carbons (Fsp3) is 0.100. The van der Waals surface area contributed by atoms with Gasteiger partial charge in [0.25, 0.3) is 10.0 Å². The summed E-state index contributed by atoms with van der Waals surface area (Å²) in [5, 5.41) is -0.426. The minimum Gasteiger partial charge on any atom is -0.375 e. The lowest BCUT2D eigenvalue weighted by Gasteiger charge is -2.08. The number of aryl methyl sites for hydroxylation is 1. The van der Waals surface area contributed by atoms with E-state index < -0.39 is 15.8 Å². The molecule has 0 saturated carbocycles. The predicted molar refractivity (Wildman–Crippen MR) is 78.5 cm³/mol. The van der Waals surface area contributed by atoms with Crippen molar-refractivity contribution in [3.05, 3.63) is 33.7 Å². The summed E-state index contributed by atoms with van der Waals surface area (Å²) in [6.45, 7) is 1.52. The van der Waals surface area contributed by atoms with Crippen LogP contribution < -0.4 is 10.5 Å². The van der Waals surface area contributed by atoms with Crippen LogP contribution >= 0.6 is 34.5 Å². The molecule has 0 amide bonds. The number of aromatic nitrogens is 1. The number of hydrogen-bond acceptors (Lipinski definition) is 5. The molecular weight excluding hydrogens is 348 g/mol. The first kappa shape index (κ1) is 15.3. The van der Waals surface area contributed by atoms with E-state index in [4.69, 9.17) is 28.9 Å². The van der Waals surface area contributed by atoms with E-state index in [1.54, 1.807) is 0 Å². The smallest absolute Gasteiger partial charge is 0.273 e. The van der Waals surface area contributed by atoms with Crippen LogP contribution in [0, 0.1) is 12.7 Å². The summed E-state index contributed by atoms with van der Waals surface area (Å²) in [5.41, 5.74) is 5.79. The van der Waals surface area contributed by atoms with Gasteiger partial charge in [-0.1, -0.05) is 34.5 Å². The van der Waals surface area contributed by atoms with Crippen molar-refractivity contribution >= 4 is 55.4 Å². The summed E-state index contributed by atoms with van der Waals surface area (Å²) in [4.78, 5) is 3.83. The molecule has 0 radical (unpaired) electrons. The Balaban J connectivity index is 2.41. The van der Waals surface area contributed by atoms with Gasteiger partial charge in [0.1, 0.15) is 0 Å². The third kappa shape index (κ3) is 2.98. The van der Waals surface area contributed by atoms with Gasteiger partial charge in [0, 0.05) is 0 Å². The largest absolute Gasteiger partial charge is 0.375 e. The SMILES string of the molecule is Cc1nc(N)sc1S(=O)(=O)Nc1cc(Cl)c(F)c(Cl)c1. The minimum atomic E-state index is -3.88. The molecule has 2 rings (SSSR count). The van der Waals surface area contributed by atoms with Gasteiger partial charge >= 0.3 is 0 Å². The van der Waals surface area contributed by atoms with Crippen molar-refractivity contribution in [2.45, 2.75) is 11.1 Å². The maximum atomic E-state index is 13.3. The van der Waals surface area contributed by atoms with Gasteiger partial charge in [0.05, 0.1) is 21.4 Å². The quantitative estimate of drug-likeness (QED) is 0.827. The number of thiazole rings is 1. The van der Waals surface area contributed by atoms with Gasteiger partial charge in [-0.25, -0.2) is 17.8 Å². The van der Waals surface area contributed by atoms with Gasteiger partial charge in [-0.15, -0.1) is 0 Å². The second-order valence-corrected chi connectivity index (χ2v) is 7.51. The molecule has 3 N–H and O–H groups in total. The third-order valence-corrected chi connectivity index (χ3v) is 5.78. The topological polar surface area (TPSA) is 85.1 Å². The van der Waals surface area contributed by atoms with Crippen LogP contribution in [0.2, 0.25) is 10.0 Å². The minimum absolute atomic E-state index is 0.0217. The molecule has 0 aliphatic heterocycles. The first-order valence-electron chi connectivity index (χ1n) is 5.11. The Labute approximate surface area is 128 Å². The maximum Gasteiger partial charge on any atom is 0.273 e. The highest BCUT2D eigenvalue weighted by molar-refractivity contribution is 7.94. The molecule has 1 aromatic heterocycles. The standard InChI is InChI=1S/C10H8Cl2FN3O2S2/c1-4-9(19-10(14)15-4)20(17,18)16-5-2-6(11)8(13)7(12)3-5/h2-3,16H,1H3,(H2,14,15). The summed E-state index contributed by atoms with van der Waals surface area (Å²) < 4.78 is 39.8. The number of rotatable bonds is 3. The van der Waals surface area contributed by atoms with E-state index >= 15 is 0 Å². The lowest BCUT2D eigenvalue weighted by Crippen LogP contribution is -2.12. The lowest BCUT2D eigenvalue weighted by atomic mass is 10.3. The summed E-state index contributed by atoms with van der Waals surface area (Å²) in [6.07, 6.45) is 0. The van der Waals surface area contributed by atoms with E-state index in [9.17, 15) is 12.8 Å². The molecule has 0 unspecified atom stereocenters. The van der Waals surface area contributed by atoms with Crippen LogP contribution in [0.4, 0.5) is 15.2 Å². The number of nitrogen functional groups attached to an aromatic ring is 1. The lowest BCUT2D eigenvalue weighted by molar-refractivity contribution is 0.602. The van der Waals surface area contributed by atoms with Crippen LogP contribution in [0.25, 0.3) is 0 Å². The Morgan fingerprint density at radius 2 is 1.90 bits per heavy atom. The number of benzene rings is 1. The molecule has 5 nitrogen and oxygen atoms in total. The average Bonchev–Trinajstić information content (AvgIpc) is 2.65. The second kappa shape index (κ2) is 5.36. The maximum absolute atomic E-state index is 13.3. The van der Waals surface area contributed by atoms with Crippen molar-refractivity contribution in [3.8, 4) is 0 Å². The zero-order chi connectivity index (χ0) is 15.1. The van der Waals surface area contributed by atoms with Crippen LogP contribution in [0.1, 0.15) is 5.69 Å². The van der Waals surface area contributed by atoms with E-state index in [1.807, 2.05) is 0 Å². The average molecular weight is 356 g/mol. The van der Waals surface area contributed by atoms with Crippen LogP contribution in [-0.4, -0.2) is 13.4 Å².